The molecular weight excluding hydrogens is 292 g/mol. The molecule has 1 aromatic heterocycles. The van der Waals surface area contributed by atoms with Crippen LogP contribution in [0.2, 0.25) is 0 Å². The average molecular weight is 307 g/mol. The summed E-state index contributed by atoms with van der Waals surface area (Å²) in [5.74, 6) is 1.28. The molecule has 0 saturated heterocycles. The first-order chi connectivity index (χ1) is 8.56. The molecule has 0 N–H and O–H groups in total. The summed E-state index contributed by atoms with van der Waals surface area (Å²) in [7, 11) is 0. The highest BCUT2D eigenvalue weighted by Crippen LogP contribution is 2.27. The molecule has 0 aliphatic carbocycles. The summed E-state index contributed by atoms with van der Waals surface area (Å²) >= 11 is 3.30. The predicted molar refractivity (Wildman–Crippen MR) is 75.1 cm³/mol. The smallest absolute Gasteiger partial charge is 0.321 e. The Labute approximate surface area is 115 Å². The lowest BCUT2D eigenvalue weighted by Gasteiger charge is -2.11. The van der Waals surface area contributed by atoms with Crippen LogP contribution >= 0.6 is 15.9 Å². The van der Waals surface area contributed by atoms with Gasteiger partial charge in [-0.15, -0.1) is 0 Å². The zero-order valence-corrected chi connectivity index (χ0v) is 12.2. The van der Waals surface area contributed by atoms with E-state index in [1.807, 2.05) is 13.0 Å². The minimum Gasteiger partial charge on any atom is -0.424 e. The van der Waals surface area contributed by atoms with E-state index in [0.29, 0.717) is 11.9 Å². The lowest BCUT2D eigenvalue weighted by molar-refractivity contribution is 0.437. The van der Waals surface area contributed by atoms with Gasteiger partial charge < -0.3 is 4.74 Å². The van der Waals surface area contributed by atoms with Crippen LogP contribution in [0.15, 0.2) is 35.1 Å². The molecule has 3 nitrogen and oxygen atoms in total. The van der Waals surface area contributed by atoms with E-state index >= 15 is 0 Å². The Bertz CT molecular complexity index is 538. The van der Waals surface area contributed by atoms with Crippen LogP contribution < -0.4 is 4.74 Å². The van der Waals surface area contributed by atoms with Crippen molar-refractivity contribution in [1.82, 2.24) is 9.97 Å². The van der Waals surface area contributed by atoms with E-state index < -0.39 is 0 Å². The van der Waals surface area contributed by atoms with E-state index in [2.05, 4.69) is 51.9 Å². The fourth-order valence-electron chi connectivity index (χ4n) is 1.54. The lowest BCUT2D eigenvalue weighted by Crippen LogP contribution is -1.95. The van der Waals surface area contributed by atoms with Crippen LogP contribution in [-0.4, -0.2) is 9.97 Å². The van der Waals surface area contributed by atoms with Gasteiger partial charge in [0.1, 0.15) is 5.75 Å². The minimum atomic E-state index is 0.363. The van der Waals surface area contributed by atoms with E-state index in [1.54, 1.807) is 12.4 Å². The van der Waals surface area contributed by atoms with E-state index in [1.165, 1.54) is 5.56 Å². The first-order valence-electron chi connectivity index (χ1n) is 5.82. The van der Waals surface area contributed by atoms with Crippen molar-refractivity contribution in [3.05, 3.63) is 46.2 Å². The van der Waals surface area contributed by atoms with Crippen molar-refractivity contribution < 1.29 is 4.74 Å². The van der Waals surface area contributed by atoms with Gasteiger partial charge in [-0.1, -0.05) is 26.0 Å². The number of halogens is 1. The molecule has 0 fully saturated rings. The van der Waals surface area contributed by atoms with Crippen molar-refractivity contribution >= 4 is 15.9 Å². The number of ether oxygens (including phenoxy) is 1. The molecule has 0 aliphatic heterocycles. The van der Waals surface area contributed by atoms with Crippen LogP contribution in [0.4, 0.5) is 0 Å². The van der Waals surface area contributed by atoms with Crippen LogP contribution in [0.5, 0.6) is 11.8 Å². The van der Waals surface area contributed by atoms with Gasteiger partial charge in [0.15, 0.2) is 0 Å². The Balaban J connectivity index is 2.27. The Morgan fingerprint density at radius 2 is 1.83 bits per heavy atom. The van der Waals surface area contributed by atoms with Crippen molar-refractivity contribution in [3.63, 3.8) is 0 Å². The Morgan fingerprint density at radius 1 is 1.17 bits per heavy atom. The van der Waals surface area contributed by atoms with E-state index in [4.69, 9.17) is 4.74 Å². The van der Waals surface area contributed by atoms with E-state index in [0.717, 1.165) is 15.8 Å². The van der Waals surface area contributed by atoms with Gasteiger partial charge >= 0.3 is 6.01 Å². The number of hydrogen-bond donors (Lipinski definition) is 0. The highest BCUT2D eigenvalue weighted by atomic mass is 79.9. The van der Waals surface area contributed by atoms with Gasteiger partial charge in [-0.05, 0) is 46.0 Å². The molecule has 0 radical (unpaired) electrons. The van der Waals surface area contributed by atoms with Gasteiger partial charge in [0.05, 0.1) is 4.47 Å². The topological polar surface area (TPSA) is 35.0 Å². The van der Waals surface area contributed by atoms with Crippen molar-refractivity contribution in [2.45, 2.75) is 26.7 Å². The third-order valence-corrected chi connectivity index (χ3v) is 3.09. The largest absolute Gasteiger partial charge is 0.424 e. The van der Waals surface area contributed by atoms with Gasteiger partial charge in [0, 0.05) is 12.4 Å². The van der Waals surface area contributed by atoms with E-state index in [-0.39, 0.29) is 0 Å². The summed E-state index contributed by atoms with van der Waals surface area (Å²) in [6.45, 7) is 6.33. The predicted octanol–water partition coefficient (Wildman–Crippen LogP) is 4.46. The van der Waals surface area contributed by atoms with Gasteiger partial charge in [-0.2, -0.15) is 0 Å². The summed E-state index contributed by atoms with van der Waals surface area (Å²) in [4.78, 5) is 8.22. The second-order valence-electron chi connectivity index (χ2n) is 4.47. The van der Waals surface area contributed by atoms with E-state index in [9.17, 15) is 0 Å². The Morgan fingerprint density at radius 3 is 2.44 bits per heavy atom. The molecule has 0 amide bonds. The number of benzene rings is 1. The molecule has 4 heteroatoms. The van der Waals surface area contributed by atoms with Gasteiger partial charge in [0.2, 0.25) is 0 Å². The summed E-state index contributed by atoms with van der Waals surface area (Å²) in [5, 5.41) is 0. The molecule has 94 valence electrons. The second-order valence-corrected chi connectivity index (χ2v) is 5.38. The second kappa shape index (κ2) is 5.48. The number of nitrogens with zero attached hydrogens (tertiary/aromatic N) is 2. The highest BCUT2D eigenvalue weighted by molar-refractivity contribution is 9.10. The molecule has 0 saturated carbocycles. The molecule has 18 heavy (non-hydrogen) atoms. The van der Waals surface area contributed by atoms with Crippen molar-refractivity contribution in [3.8, 4) is 11.8 Å². The number of hydrogen-bond acceptors (Lipinski definition) is 3. The van der Waals surface area contributed by atoms with Gasteiger partial charge in [-0.25, -0.2) is 9.97 Å². The van der Waals surface area contributed by atoms with Crippen molar-refractivity contribution in [1.29, 1.82) is 0 Å². The first-order valence-corrected chi connectivity index (χ1v) is 6.61. The quantitative estimate of drug-likeness (QED) is 0.839. The summed E-state index contributed by atoms with van der Waals surface area (Å²) in [5.41, 5.74) is 2.32. The summed E-state index contributed by atoms with van der Waals surface area (Å²) < 4.78 is 6.55. The maximum atomic E-state index is 5.71. The number of aryl methyl sites for hydroxylation is 1. The lowest BCUT2D eigenvalue weighted by atomic mass is 10.0. The summed E-state index contributed by atoms with van der Waals surface area (Å²) in [6, 6.07) is 6.59. The zero-order valence-electron chi connectivity index (χ0n) is 10.6. The van der Waals surface area contributed by atoms with Crippen LogP contribution in [0.25, 0.3) is 0 Å². The van der Waals surface area contributed by atoms with Crippen LogP contribution in [0.3, 0.4) is 0 Å². The normalized spacial score (nSPS) is 10.7. The van der Waals surface area contributed by atoms with Crippen LogP contribution in [-0.2, 0) is 0 Å². The molecule has 0 unspecified atom stereocenters. The third kappa shape index (κ3) is 3.07. The van der Waals surface area contributed by atoms with Crippen molar-refractivity contribution in [2.75, 3.05) is 0 Å². The molecule has 1 heterocycles. The fraction of sp³-hybridized carbons (Fsp3) is 0.286. The minimum absolute atomic E-state index is 0.363. The maximum Gasteiger partial charge on any atom is 0.321 e. The average Bonchev–Trinajstić information content (AvgIpc) is 2.34. The molecule has 2 rings (SSSR count). The Hall–Kier alpha value is -1.42. The zero-order chi connectivity index (χ0) is 13.1. The van der Waals surface area contributed by atoms with Crippen LogP contribution in [0.1, 0.15) is 30.9 Å². The van der Waals surface area contributed by atoms with Gasteiger partial charge in [-0.3, -0.25) is 0 Å². The molecular formula is C14H15BrN2O. The van der Waals surface area contributed by atoms with Gasteiger partial charge in [0.25, 0.3) is 0 Å². The first kappa shape index (κ1) is 13.0. The molecule has 1 aromatic carbocycles. The molecule has 2 aromatic rings. The third-order valence-electron chi connectivity index (χ3n) is 2.68. The molecule has 0 atom stereocenters. The fourth-order valence-corrected chi connectivity index (χ4v) is 1.74. The standard InChI is InChI=1S/C14H15BrN2O/c1-9(2)11-5-4-10(3)13(6-11)18-14-16-7-12(15)8-17-14/h4-9H,1-3H3. The molecule has 0 spiro atoms. The maximum absolute atomic E-state index is 5.71. The number of rotatable bonds is 3. The monoisotopic (exact) mass is 306 g/mol. The Kier molecular flexibility index (Phi) is 3.97. The SMILES string of the molecule is Cc1ccc(C(C)C)cc1Oc1ncc(Br)cn1. The molecule has 0 bridgehead atoms. The van der Waals surface area contributed by atoms with Crippen molar-refractivity contribution in [2.24, 2.45) is 0 Å². The molecule has 0 aliphatic rings. The highest BCUT2D eigenvalue weighted by Gasteiger charge is 2.07. The summed E-state index contributed by atoms with van der Waals surface area (Å²) in [6.07, 6.45) is 3.34. The van der Waals surface area contributed by atoms with Crippen LogP contribution in [0, 0.1) is 6.92 Å². The number of aromatic nitrogens is 2.